The Balaban J connectivity index is 2.03. The molecule has 2 rings (SSSR count). The first kappa shape index (κ1) is 17.5. The molecule has 3 N–H and O–H groups in total. The van der Waals surface area contributed by atoms with Crippen molar-refractivity contribution in [3.05, 3.63) is 52.6 Å². The van der Waals surface area contributed by atoms with Gasteiger partial charge in [0.05, 0.1) is 5.69 Å². The molecule has 0 bridgehead atoms. The Hall–Kier alpha value is -2.82. The summed E-state index contributed by atoms with van der Waals surface area (Å²) in [4.78, 5) is 23.4. The minimum atomic E-state index is -0.264. The molecule has 0 aromatic heterocycles. The lowest BCUT2D eigenvalue weighted by Crippen LogP contribution is -2.21. The fourth-order valence-corrected chi connectivity index (χ4v) is 2.59. The van der Waals surface area contributed by atoms with Crippen LogP contribution in [-0.2, 0) is 4.79 Å². The molecule has 0 saturated heterocycles. The molecule has 1 amide bonds. The van der Waals surface area contributed by atoms with Crippen LogP contribution in [0.1, 0.15) is 34.0 Å². The first-order valence-electron chi connectivity index (χ1n) is 7.69. The first-order valence-corrected chi connectivity index (χ1v) is 7.69. The van der Waals surface area contributed by atoms with Gasteiger partial charge >= 0.3 is 0 Å². The Kier molecular flexibility index (Phi) is 5.24. The third-order valence-corrected chi connectivity index (χ3v) is 3.72. The summed E-state index contributed by atoms with van der Waals surface area (Å²) >= 11 is 0. The van der Waals surface area contributed by atoms with E-state index in [1.807, 2.05) is 32.9 Å². The number of nitrogens with one attached hydrogen (secondary N) is 1. The van der Waals surface area contributed by atoms with Crippen molar-refractivity contribution in [1.29, 1.82) is 0 Å². The topological polar surface area (TPSA) is 81.4 Å². The number of hydrogen-bond donors (Lipinski definition) is 2. The van der Waals surface area contributed by atoms with Crippen LogP contribution in [0.3, 0.4) is 0 Å². The predicted octanol–water partition coefficient (Wildman–Crippen LogP) is 3.41. The lowest BCUT2D eigenvalue weighted by molar-refractivity contribution is -0.118. The molecule has 0 aliphatic rings. The van der Waals surface area contributed by atoms with E-state index in [4.69, 9.17) is 10.5 Å². The predicted molar refractivity (Wildman–Crippen MR) is 95.6 cm³/mol. The molecular weight excluding hydrogens is 304 g/mol. The summed E-state index contributed by atoms with van der Waals surface area (Å²) in [5.41, 5.74) is 10.7. The van der Waals surface area contributed by atoms with Crippen LogP contribution in [0.15, 0.2) is 30.3 Å². The van der Waals surface area contributed by atoms with E-state index in [0.717, 1.165) is 22.4 Å². The molecule has 0 heterocycles. The van der Waals surface area contributed by atoms with E-state index in [1.54, 1.807) is 18.2 Å². The second-order valence-electron chi connectivity index (χ2n) is 5.92. The number of ether oxygens (including phenoxy) is 1. The maximum atomic E-state index is 12.1. The van der Waals surface area contributed by atoms with Gasteiger partial charge in [0.1, 0.15) is 5.75 Å². The Morgan fingerprint density at radius 3 is 2.25 bits per heavy atom. The van der Waals surface area contributed by atoms with Crippen molar-refractivity contribution in [2.24, 2.45) is 0 Å². The highest BCUT2D eigenvalue weighted by Gasteiger charge is 2.11. The lowest BCUT2D eigenvalue weighted by atomic mass is 10.1. The maximum Gasteiger partial charge on any atom is 0.262 e. The van der Waals surface area contributed by atoms with Gasteiger partial charge in [-0.2, -0.15) is 0 Å². The zero-order valence-electron chi connectivity index (χ0n) is 14.4. The fourth-order valence-electron chi connectivity index (χ4n) is 2.59. The molecule has 0 unspecified atom stereocenters. The van der Waals surface area contributed by atoms with Gasteiger partial charge < -0.3 is 15.8 Å². The normalized spacial score (nSPS) is 10.3. The molecule has 0 saturated carbocycles. The van der Waals surface area contributed by atoms with E-state index in [-0.39, 0.29) is 18.3 Å². The molecule has 0 spiro atoms. The molecule has 2 aromatic rings. The van der Waals surface area contributed by atoms with Crippen LogP contribution in [0.4, 0.5) is 11.4 Å². The highest BCUT2D eigenvalue weighted by Crippen LogP contribution is 2.24. The zero-order chi connectivity index (χ0) is 17.9. The summed E-state index contributed by atoms with van der Waals surface area (Å²) in [5, 5.41) is 2.87. The van der Waals surface area contributed by atoms with Crippen molar-refractivity contribution in [2.45, 2.75) is 27.7 Å². The van der Waals surface area contributed by atoms with E-state index < -0.39 is 0 Å². The van der Waals surface area contributed by atoms with Crippen LogP contribution in [-0.4, -0.2) is 18.3 Å². The van der Waals surface area contributed by atoms with E-state index in [2.05, 4.69) is 5.32 Å². The Labute approximate surface area is 141 Å². The van der Waals surface area contributed by atoms with Gasteiger partial charge in [-0.25, -0.2) is 0 Å². The van der Waals surface area contributed by atoms with Crippen molar-refractivity contribution >= 4 is 23.1 Å². The number of carbonyl (C=O) groups excluding carboxylic acids is 2. The van der Waals surface area contributed by atoms with Gasteiger partial charge in [-0.1, -0.05) is 17.7 Å². The van der Waals surface area contributed by atoms with Gasteiger partial charge in [0, 0.05) is 11.3 Å². The number of hydrogen-bond acceptors (Lipinski definition) is 4. The molecular formula is C19H22N2O3. The third-order valence-electron chi connectivity index (χ3n) is 3.72. The molecule has 0 atom stereocenters. The highest BCUT2D eigenvalue weighted by atomic mass is 16.5. The molecule has 24 heavy (non-hydrogen) atoms. The molecule has 0 aliphatic carbocycles. The number of rotatable bonds is 5. The second kappa shape index (κ2) is 7.17. The summed E-state index contributed by atoms with van der Waals surface area (Å²) in [6, 6.07) is 8.80. The summed E-state index contributed by atoms with van der Waals surface area (Å²) in [6.07, 6.45) is 0. The highest BCUT2D eigenvalue weighted by molar-refractivity contribution is 5.95. The van der Waals surface area contributed by atoms with Crippen molar-refractivity contribution < 1.29 is 14.3 Å². The van der Waals surface area contributed by atoms with Crippen LogP contribution in [0.25, 0.3) is 0 Å². The Morgan fingerprint density at radius 2 is 1.71 bits per heavy atom. The monoisotopic (exact) mass is 326 g/mol. The average molecular weight is 326 g/mol. The molecule has 0 fully saturated rings. The van der Waals surface area contributed by atoms with Crippen molar-refractivity contribution in [3.8, 4) is 5.75 Å². The van der Waals surface area contributed by atoms with Crippen LogP contribution in [0, 0.1) is 20.8 Å². The number of benzene rings is 2. The number of Topliss-reactive ketones (excluding diaryl/α,β-unsaturated/α-hetero) is 1. The van der Waals surface area contributed by atoms with Gasteiger partial charge in [0.25, 0.3) is 5.91 Å². The summed E-state index contributed by atoms with van der Waals surface area (Å²) in [6.45, 7) is 7.23. The van der Waals surface area contributed by atoms with Crippen LogP contribution in [0.2, 0.25) is 0 Å². The molecule has 126 valence electrons. The van der Waals surface area contributed by atoms with Gasteiger partial charge in [0.2, 0.25) is 0 Å². The quantitative estimate of drug-likeness (QED) is 0.651. The molecule has 0 aliphatic heterocycles. The van der Waals surface area contributed by atoms with Crippen LogP contribution >= 0.6 is 0 Å². The van der Waals surface area contributed by atoms with Crippen molar-refractivity contribution in [1.82, 2.24) is 0 Å². The standard InChI is InChI=1S/C19H22N2O3/c1-11-7-12(2)19(13(3)8-11)21-18(23)10-24-17-6-5-15(14(4)22)9-16(17)20/h5-9H,10,20H2,1-4H3,(H,21,23). The van der Waals surface area contributed by atoms with E-state index in [1.165, 1.54) is 6.92 Å². The van der Waals surface area contributed by atoms with Gasteiger partial charge in [-0.15, -0.1) is 0 Å². The number of ketones is 1. The molecule has 5 nitrogen and oxygen atoms in total. The maximum absolute atomic E-state index is 12.1. The van der Waals surface area contributed by atoms with E-state index in [9.17, 15) is 9.59 Å². The smallest absolute Gasteiger partial charge is 0.262 e. The van der Waals surface area contributed by atoms with Gasteiger partial charge in [-0.3, -0.25) is 9.59 Å². The minimum Gasteiger partial charge on any atom is -0.482 e. The Morgan fingerprint density at radius 1 is 1.08 bits per heavy atom. The largest absolute Gasteiger partial charge is 0.482 e. The van der Waals surface area contributed by atoms with Crippen molar-refractivity contribution in [2.75, 3.05) is 17.7 Å². The SMILES string of the molecule is CC(=O)c1ccc(OCC(=O)Nc2c(C)cc(C)cc2C)c(N)c1. The van der Waals surface area contributed by atoms with E-state index in [0.29, 0.717) is 17.0 Å². The fraction of sp³-hybridized carbons (Fsp3) is 0.263. The number of carbonyl (C=O) groups is 2. The third kappa shape index (κ3) is 4.13. The van der Waals surface area contributed by atoms with Crippen molar-refractivity contribution in [3.63, 3.8) is 0 Å². The molecule has 2 aromatic carbocycles. The average Bonchev–Trinajstić information content (AvgIpc) is 2.49. The Bertz CT molecular complexity index is 774. The first-order chi connectivity index (χ1) is 11.3. The van der Waals surface area contributed by atoms with Gasteiger partial charge in [-0.05, 0) is 57.0 Å². The molecule has 0 radical (unpaired) electrons. The summed E-state index contributed by atoms with van der Waals surface area (Å²) in [5.74, 6) is 0.0453. The second-order valence-corrected chi connectivity index (χ2v) is 5.92. The summed E-state index contributed by atoms with van der Waals surface area (Å²) < 4.78 is 5.46. The zero-order valence-corrected chi connectivity index (χ0v) is 14.4. The van der Waals surface area contributed by atoms with Crippen LogP contribution < -0.4 is 15.8 Å². The number of nitrogen functional groups attached to an aromatic ring is 1. The minimum absolute atomic E-state index is 0.0729. The number of amides is 1. The van der Waals surface area contributed by atoms with E-state index >= 15 is 0 Å². The number of anilines is 2. The van der Waals surface area contributed by atoms with Gasteiger partial charge in [0.15, 0.2) is 12.4 Å². The number of aryl methyl sites for hydroxylation is 3. The lowest BCUT2D eigenvalue weighted by Gasteiger charge is -2.14. The summed E-state index contributed by atoms with van der Waals surface area (Å²) in [7, 11) is 0. The number of nitrogens with two attached hydrogens (primary N) is 1. The molecule has 5 heteroatoms. The van der Waals surface area contributed by atoms with Crippen LogP contribution in [0.5, 0.6) is 5.75 Å².